The third-order valence-corrected chi connectivity index (χ3v) is 6.13. The fraction of sp³-hybridized carbons (Fsp3) is 0.348. The van der Waals surface area contributed by atoms with Gasteiger partial charge in [0.25, 0.3) is 0 Å². The summed E-state index contributed by atoms with van der Waals surface area (Å²) in [6, 6.07) is 4.93. The van der Waals surface area contributed by atoms with Gasteiger partial charge in [0, 0.05) is 23.5 Å². The molecule has 5 nitrogen and oxygen atoms in total. The first-order valence-corrected chi connectivity index (χ1v) is 9.57. The van der Waals surface area contributed by atoms with Crippen LogP contribution in [0.5, 0.6) is 11.5 Å². The van der Waals surface area contributed by atoms with Crippen molar-refractivity contribution in [1.82, 2.24) is 0 Å². The van der Waals surface area contributed by atoms with Gasteiger partial charge in [-0.2, -0.15) is 0 Å². The number of phenols is 1. The molecule has 0 bridgehead atoms. The number of phenolic OH excluding ortho intramolecular Hbond substituents is 1. The second-order valence-corrected chi connectivity index (χ2v) is 7.48. The first-order chi connectivity index (χ1) is 13.4. The molecule has 2 aromatic carbocycles. The molecule has 0 aliphatic heterocycles. The minimum absolute atomic E-state index is 0.0681. The highest BCUT2D eigenvalue weighted by atomic mass is 16.5. The third kappa shape index (κ3) is 2.42. The molecule has 2 aliphatic carbocycles. The smallest absolute Gasteiger partial charge is 0.201 e. The summed E-state index contributed by atoms with van der Waals surface area (Å²) in [4.78, 5) is 38.7. The number of rotatable bonds is 3. The van der Waals surface area contributed by atoms with Gasteiger partial charge < -0.3 is 9.84 Å². The van der Waals surface area contributed by atoms with Crippen LogP contribution in [0.1, 0.15) is 68.3 Å². The lowest BCUT2D eigenvalue weighted by Gasteiger charge is -2.30. The normalized spacial score (nSPS) is 17.6. The zero-order chi connectivity index (χ0) is 20.2. The van der Waals surface area contributed by atoms with E-state index in [1.165, 1.54) is 7.11 Å². The third-order valence-electron chi connectivity index (χ3n) is 6.13. The van der Waals surface area contributed by atoms with E-state index >= 15 is 0 Å². The predicted molar refractivity (Wildman–Crippen MR) is 104 cm³/mol. The van der Waals surface area contributed by atoms with Gasteiger partial charge in [0.1, 0.15) is 17.3 Å². The van der Waals surface area contributed by atoms with Crippen LogP contribution in [-0.2, 0) is 17.6 Å². The van der Waals surface area contributed by atoms with E-state index in [4.69, 9.17) is 4.74 Å². The van der Waals surface area contributed by atoms with Gasteiger partial charge in [-0.3, -0.25) is 14.4 Å². The van der Waals surface area contributed by atoms with Crippen molar-refractivity contribution >= 4 is 17.3 Å². The van der Waals surface area contributed by atoms with Crippen molar-refractivity contribution in [2.75, 3.05) is 7.11 Å². The molecule has 1 atom stereocenters. The molecule has 2 aliphatic rings. The average Bonchev–Trinajstić information content (AvgIpc) is 2.72. The van der Waals surface area contributed by atoms with Gasteiger partial charge in [0.15, 0.2) is 5.78 Å². The second kappa shape index (κ2) is 6.59. The van der Waals surface area contributed by atoms with Gasteiger partial charge in [-0.15, -0.1) is 0 Å². The highest BCUT2D eigenvalue weighted by Crippen LogP contribution is 2.44. The molecule has 0 saturated heterocycles. The quantitative estimate of drug-likeness (QED) is 0.754. The summed E-state index contributed by atoms with van der Waals surface area (Å²) >= 11 is 0. The molecule has 0 aromatic heterocycles. The molecule has 0 spiro atoms. The summed E-state index contributed by atoms with van der Waals surface area (Å²) in [5, 5.41) is 11.0. The number of Topliss-reactive ketones (excluding diaryl/α,β-unsaturated/α-hetero) is 1. The largest absolute Gasteiger partial charge is 0.507 e. The van der Waals surface area contributed by atoms with E-state index in [1.807, 2.05) is 13.8 Å². The summed E-state index contributed by atoms with van der Waals surface area (Å²) in [7, 11) is 1.45. The summed E-state index contributed by atoms with van der Waals surface area (Å²) in [5.41, 5.74) is 3.04. The monoisotopic (exact) mass is 378 g/mol. The Kier molecular flexibility index (Phi) is 4.33. The van der Waals surface area contributed by atoms with Crippen molar-refractivity contribution in [3.8, 4) is 11.5 Å². The summed E-state index contributed by atoms with van der Waals surface area (Å²) in [5.74, 6) is -0.381. The lowest BCUT2D eigenvalue weighted by Crippen LogP contribution is -2.28. The van der Waals surface area contributed by atoms with E-state index < -0.39 is 5.78 Å². The number of ketones is 3. The molecule has 5 heteroatoms. The second-order valence-electron chi connectivity index (χ2n) is 7.48. The van der Waals surface area contributed by atoms with Crippen molar-refractivity contribution in [2.24, 2.45) is 5.92 Å². The molecule has 1 unspecified atom stereocenters. The Labute approximate surface area is 163 Å². The number of aromatic hydroxyl groups is 1. The van der Waals surface area contributed by atoms with Crippen molar-refractivity contribution in [3.63, 3.8) is 0 Å². The Hall–Kier alpha value is -2.95. The van der Waals surface area contributed by atoms with Gasteiger partial charge in [-0.05, 0) is 48.9 Å². The molecular formula is C23H22O5. The molecule has 4 rings (SSSR count). The first kappa shape index (κ1) is 18.4. The molecule has 144 valence electrons. The van der Waals surface area contributed by atoms with Crippen molar-refractivity contribution in [2.45, 2.75) is 39.5 Å². The maximum atomic E-state index is 13.3. The van der Waals surface area contributed by atoms with Crippen molar-refractivity contribution in [1.29, 1.82) is 0 Å². The maximum Gasteiger partial charge on any atom is 0.201 e. The number of methoxy groups -OCH3 is 1. The lowest BCUT2D eigenvalue weighted by molar-refractivity contribution is -0.122. The fourth-order valence-electron chi connectivity index (χ4n) is 4.64. The minimum atomic E-state index is -0.391. The summed E-state index contributed by atoms with van der Waals surface area (Å²) in [6.07, 6.45) is 2.14. The van der Waals surface area contributed by atoms with Crippen LogP contribution in [0.2, 0.25) is 0 Å². The Morgan fingerprint density at radius 3 is 2.57 bits per heavy atom. The topological polar surface area (TPSA) is 80.7 Å². The Bertz CT molecular complexity index is 1050. The average molecular weight is 378 g/mol. The first-order valence-electron chi connectivity index (χ1n) is 9.57. The van der Waals surface area contributed by atoms with Crippen LogP contribution < -0.4 is 4.74 Å². The summed E-state index contributed by atoms with van der Waals surface area (Å²) in [6.45, 7) is 3.66. The number of hydrogen-bond acceptors (Lipinski definition) is 5. The van der Waals surface area contributed by atoms with E-state index in [0.29, 0.717) is 42.6 Å². The van der Waals surface area contributed by atoms with Gasteiger partial charge in [-0.1, -0.05) is 19.1 Å². The van der Waals surface area contributed by atoms with Crippen LogP contribution >= 0.6 is 0 Å². The zero-order valence-electron chi connectivity index (χ0n) is 16.2. The van der Waals surface area contributed by atoms with Crippen LogP contribution in [0, 0.1) is 12.8 Å². The molecule has 0 fully saturated rings. The number of ether oxygens (including phenoxy) is 1. The standard InChI is InChI=1S/C23H22O5/c1-4-16(24)12-8-9-13-15(10-12)11(2)18-20(21(13)25)23(27)19-14(22(18)26)6-5-7-17(19)28-3/h5-7,12,25H,4,8-10H2,1-3H3. The van der Waals surface area contributed by atoms with E-state index in [1.54, 1.807) is 18.2 Å². The van der Waals surface area contributed by atoms with Crippen LogP contribution in [0.25, 0.3) is 0 Å². The minimum Gasteiger partial charge on any atom is -0.507 e. The van der Waals surface area contributed by atoms with E-state index in [-0.39, 0.29) is 45.5 Å². The maximum absolute atomic E-state index is 13.3. The number of carbonyl (C=O) groups excluding carboxylic acids is 3. The lowest BCUT2D eigenvalue weighted by atomic mass is 9.73. The van der Waals surface area contributed by atoms with Gasteiger partial charge in [0.2, 0.25) is 5.78 Å². The highest BCUT2D eigenvalue weighted by molar-refractivity contribution is 6.31. The molecule has 28 heavy (non-hydrogen) atoms. The molecule has 0 saturated carbocycles. The number of hydrogen-bond donors (Lipinski definition) is 1. The van der Waals surface area contributed by atoms with Crippen molar-refractivity contribution < 1.29 is 24.2 Å². The zero-order valence-corrected chi connectivity index (χ0v) is 16.2. The molecular weight excluding hydrogens is 356 g/mol. The molecule has 0 heterocycles. The molecule has 2 aromatic rings. The number of benzene rings is 2. The Morgan fingerprint density at radius 2 is 1.89 bits per heavy atom. The van der Waals surface area contributed by atoms with Gasteiger partial charge in [0.05, 0.1) is 18.2 Å². The van der Waals surface area contributed by atoms with E-state index in [2.05, 4.69) is 0 Å². The van der Waals surface area contributed by atoms with E-state index in [0.717, 1.165) is 5.56 Å². The predicted octanol–water partition coefficient (Wildman–Crippen LogP) is 3.57. The van der Waals surface area contributed by atoms with Crippen LogP contribution in [0.3, 0.4) is 0 Å². The SMILES string of the molecule is CCC(=O)C1CCc2c(O)c3c(c(C)c2C1)C(=O)c1cccc(OC)c1C3=O. The van der Waals surface area contributed by atoms with E-state index in [9.17, 15) is 19.5 Å². The summed E-state index contributed by atoms with van der Waals surface area (Å²) < 4.78 is 5.29. The van der Waals surface area contributed by atoms with Crippen LogP contribution in [0.15, 0.2) is 18.2 Å². The fourth-order valence-corrected chi connectivity index (χ4v) is 4.64. The Morgan fingerprint density at radius 1 is 1.14 bits per heavy atom. The molecule has 1 N–H and O–H groups in total. The molecule has 0 radical (unpaired) electrons. The van der Waals surface area contributed by atoms with Crippen LogP contribution in [-0.4, -0.2) is 29.6 Å². The Balaban J connectivity index is 1.95. The molecule has 0 amide bonds. The number of carbonyl (C=O) groups is 3. The highest BCUT2D eigenvalue weighted by Gasteiger charge is 2.39. The van der Waals surface area contributed by atoms with Crippen LogP contribution in [0.4, 0.5) is 0 Å². The number of fused-ring (bicyclic) bond motifs is 3. The van der Waals surface area contributed by atoms with Gasteiger partial charge in [-0.25, -0.2) is 0 Å². The van der Waals surface area contributed by atoms with Gasteiger partial charge >= 0.3 is 0 Å². The van der Waals surface area contributed by atoms with Crippen molar-refractivity contribution in [3.05, 3.63) is 57.1 Å².